The summed E-state index contributed by atoms with van der Waals surface area (Å²) >= 11 is 3.65. The summed E-state index contributed by atoms with van der Waals surface area (Å²) in [6, 6.07) is 17.2. The molecule has 3 atom stereocenters. The van der Waals surface area contributed by atoms with E-state index in [9.17, 15) is 4.79 Å². The molecule has 0 radical (unpaired) electrons. The Morgan fingerprint density at radius 1 is 1.15 bits per heavy atom. The van der Waals surface area contributed by atoms with E-state index >= 15 is 0 Å². The van der Waals surface area contributed by atoms with Crippen LogP contribution < -0.4 is 4.90 Å². The molecule has 0 saturated carbocycles. The molecule has 27 heavy (non-hydrogen) atoms. The number of likely N-dealkylation sites (N-methyl/N-ethyl adjacent to an activating group) is 1. The molecule has 0 saturated heterocycles. The number of thiophene rings is 2. The summed E-state index contributed by atoms with van der Waals surface area (Å²) in [7, 11) is 1.93. The van der Waals surface area contributed by atoms with Gasteiger partial charge in [-0.05, 0) is 35.4 Å². The van der Waals surface area contributed by atoms with Gasteiger partial charge in [0.25, 0.3) is 5.91 Å². The Bertz CT molecular complexity index is 888. The highest BCUT2D eigenvalue weighted by Gasteiger charge is 2.36. The first kappa shape index (κ1) is 18.4. The number of hydrogen-bond donors (Lipinski definition) is 1. The molecule has 0 fully saturated rings. The molecule has 1 aliphatic rings. The smallest absolute Gasteiger partial charge is 0.278 e. The predicted octanol–water partition coefficient (Wildman–Crippen LogP) is 3.56. The van der Waals surface area contributed by atoms with Gasteiger partial charge in [-0.2, -0.15) is 0 Å². The molecule has 0 aliphatic carbocycles. The molecule has 4 rings (SSSR count). The molecule has 2 aromatic heterocycles. The van der Waals surface area contributed by atoms with Crippen molar-refractivity contribution < 1.29 is 9.69 Å². The molecular weight excluding hydrogens is 372 g/mol. The normalized spacial score (nSPS) is 20.1. The van der Waals surface area contributed by atoms with Crippen molar-refractivity contribution in [2.75, 3.05) is 20.1 Å². The highest BCUT2D eigenvalue weighted by atomic mass is 32.1. The minimum absolute atomic E-state index is 0.0831. The third-order valence-corrected chi connectivity index (χ3v) is 7.57. The molecule has 1 N–H and O–H groups in total. The third kappa shape index (κ3) is 3.72. The quantitative estimate of drug-likeness (QED) is 0.700. The number of rotatable bonds is 5. The van der Waals surface area contributed by atoms with Crippen molar-refractivity contribution in [2.24, 2.45) is 0 Å². The van der Waals surface area contributed by atoms with Gasteiger partial charge in [-0.25, -0.2) is 0 Å². The summed E-state index contributed by atoms with van der Waals surface area (Å²) in [4.78, 5) is 19.2. The second kappa shape index (κ2) is 7.97. The van der Waals surface area contributed by atoms with Crippen LogP contribution in [-0.4, -0.2) is 30.9 Å². The molecular formula is C22H25N2OS2+. The number of quaternary nitrogens is 1. The molecule has 1 aliphatic heterocycles. The van der Waals surface area contributed by atoms with E-state index in [1.807, 2.05) is 41.5 Å². The first-order valence-corrected chi connectivity index (χ1v) is 11.2. The number of carbonyl (C=O) groups is 1. The van der Waals surface area contributed by atoms with E-state index < -0.39 is 0 Å². The lowest BCUT2D eigenvalue weighted by molar-refractivity contribution is -0.919. The van der Waals surface area contributed by atoms with Crippen LogP contribution in [0.4, 0.5) is 0 Å². The van der Waals surface area contributed by atoms with Gasteiger partial charge in [-0.15, -0.1) is 22.7 Å². The van der Waals surface area contributed by atoms with Gasteiger partial charge in [-0.3, -0.25) is 4.79 Å². The van der Waals surface area contributed by atoms with Gasteiger partial charge < -0.3 is 9.80 Å². The lowest BCUT2D eigenvalue weighted by Gasteiger charge is -2.34. The van der Waals surface area contributed by atoms with Gasteiger partial charge in [0.05, 0.1) is 17.5 Å². The lowest BCUT2D eigenvalue weighted by Crippen LogP contribution is -3.14. The maximum atomic E-state index is 13.1. The van der Waals surface area contributed by atoms with Crippen LogP contribution in [0.15, 0.2) is 59.3 Å². The van der Waals surface area contributed by atoms with Crippen LogP contribution in [-0.2, 0) is 11.2 Å². The molecule has 0 bridgehead atoms. The van der Waals surface area contributed by atoms with Crippen molar-refractivity contribution in [1.29, 1.82) is 0 Å². The Morgan fingerprint density at radius 2 is 1.96 bits per heavy atom. The highest BCUT2D eigenvalue weighted by molar-refractivity contribution is 7.10. The van der Waals surface area contributed by atoms with Crippen LogP contribution in [0.2, 0.25) is 0 Å². The van der Waals surface area contributed by atoms with E-state index in [-0.39, 0.29) is 18.0 Å². The fourth-order valence-corrected chi connectivity index (χ4v) is 5.76. The number of nitrogens with zero attached hydrogens (tertiary/aromatic N) is 1. The predicted molar refractivity (Wildman–Crippen MR) is 113 cm³/mol. The molecule has 1 amide bonds. The average Bonchev–Trinajstić information content (AvgIpc) is 3.39. The van der Waals surface area contributed by atoms with Crippen molar-refractivity contribution in [1.82, 2.24) is 4.90 Å². The van der Waals surface area contributed by atoms with E-state index in [2.05, 4.69) is 48.0 Å². The van der Waals surface area contributed by atoms with Crippen LogP contribution in [0.1, 0.15) is 39.9 Å². The van der Waals surface area contributed by atoms with Crippen molar-refractivity contribution in [3.05, 3.63) is 80.2 Å². The zero-order valence-corrected chi connectivity index (χ0v) is 17.4. The Hall–Kier alpha value is -1.95. The van der Waals surface area contributed by atoms with E-state index in [1.165, 1.54) is 25.8 Å². The van der Waals surface area contributed by atoms with Crippen LogP contribution >= 0.6 is 22.7 Å². The zero-order valence-electron chi connectivity index (χ0n) is 15.7. The van der Waals surface area contributed by atoms with Gasteiger partial charge >= 0.3 is 0 Å². The van der Waals surface area contributed by atoms with Crippen molar-refractivity contribution in [3.63, 3.8) is 0 Å². The molecule has 1 unspecified atom stereocenters. The Balaban J connectivity index is 1.53. The third-order valence-electron chi connectivity index (χ3n) is 5.63. The summed E-state index contributed by atoms with van der Waals surface area (Å²) in [5.74, 6) is 0.210. The van der Waals surface area contributed by atoms with Crippen LogP contribution in [0, 0.1) is 0 Å². The maximum absolute atomic E-state index is 13.1. The highest BCUT2D eigenvalue weighted by Crippen LogP contribution is 2.31. The minimum atomic E-state index is 0.0831. The molecule has 3 aromatic rings. The van der Waals surface area contributed by atoms with E-state index in [0.29, 0.717) is 6.54 Å². The molecule has 3 nitrogen and oxygen atoms in total. The summed E-state index contributed by atoms with van der Waals surface area (Å²) in [5.41, 5.74) is 2.59. The van der Waals surface area contributed by atoms with Gasteiger partial charge in [0, 0.05) is 23.9 Å². The summed E-state index contributed by atoms with van der Waals surface area (Å²) in [5, 5.41) is 4.33. The topological polar surface area (TPSA) is 24.8 Å². The first-order chi connectivity index (χ1) is 13.1. The fraction of sp³-hybridized carbons (Fsp3) is 0.318. The largest absolute Gasteiger partial charge is 0.334 e. The molecule has 1 aromatic carbocycles. The van der Waals surface area contributed by atoms with E-state index in [0.717, 1.165) is 13.0 Å². The fourth-order valence-electron chi connectivity index (χ4n) is 3.94. The first-order valence-electron chi connectivity index (χ1n) is 9.40. The molecule has 5 heteroatoms. The standard InChI is InChI=1S/C22H24N2OS2/c1-16(17-7-4-3-5-8-17)23(2)21(25)15-24-12-10-19-18(11-14-27-19)22(24)20-9-6-13-26-20/h3-9,11,13-14,16,22H,10,12,15H2,1-2H3/p+1/t16-,22+/m0/s1. The van der Waals surface area contributed by atoms with Gasteiger partial charge in [0.2, 0.25) is 0 Å². The van der Waals surface area contributed by atoms with Crippen LogP contribution in [0.5, 0.6) is 0 Å². The van der Waals surface area contributed by atoms with Gasteiger partial charge in [-0.1, -0.05) is 36.4 Å². The number of amides is 1. The Labute approximate surface area is 168 Å². The second-order valence-electron chi connectivity index (χ2n) is 7.17. The average molecular weight is 398 g/mol. The van der Waals surface area contributed by atoms with Crippen molar-refractivity contribution in [2.45, 2.75) is 25.4 Å². The number of fused-ring (bicyclic) bond motifs is 1. The zero-order chi connectivity index (χ0) is 18.8. The van der Waals surface area contributed by atoms with Crippen LogP contribution in [0.25, 0.3) is 0 Å². The summed E-state index contributed by atoms with van der Waals surface area (Å²) < 4.78 is 0. The Morgan fingerprint density at radius 3 is 2.70 bits per heavy atom. The summed E-state index contributed by atoms with van der Waals surface area (Å²) in [6.45, 7) is 3.65. The monoisotopic (exact) mass is 397 g/mol. The molecule has 0 spiro atoms. The number of benzene rings is 1. The lowest BCUT2D eigenvalue weighted by atomic mass is 9.98. The van der Waals surface area contributed by atoms with E-state index in [1.54, 1.807) is 11.3 Å². The van der Waals surface area contributed by atoms with Crippen LogP contribution in [0.3, 0.4) is 0 Å². The second-order valence-corrected chi connectivity index (χ2v) is 9.15. The van der Waals surface area contributed by atoms with Gasteiger partial charge in [0.1, 0.15) is 6.04 Å². The SMILES string of the molecule is C[C@@H](c1ccccc1)N(C)C(=O)C[NH+]1CCc2sccc2[C@@H]1c1cccs1. The molecule has 3 heterocycles. The number of hydrogen-bond acceptors (Lipinski definition) is 3. The minimum Gasteiger partial charge on any atom is -0.334 e. The Kier molecular flexibility index (Phi) is 5.43. The van der Waals surface area contributed by atoms with Gasteiger partial charge in [0.15, 0.2) is 6.54 Å². The number of nitrogens with one attached hydrogen (secondary N) is 1. The van der Waals surface area contributed by atoms with E-state index in [4.69, 9.17) is 0 Å². The van der Waals surface area contributed by atoms with Crippen molar-refractivity contribution in [3.8, 4) is 0 Å². The van der Waals surface area contributed by atoms with Crippen molar-refractivity contribution >= 4 is 28.6 Å². The maximum Gasteiger partial charge on any atom is 0.278 e. The number of carbonyl (C=O) groups excluding carboxylic acids is 1. The molecule has 140 valence electrons. The summed E-state index contributed by atoms with van der Waals surface area (Å²) in [6.07, 6.45) is 1.06.